The monoisotopic (exact) mass is 235 g/mol. The maximum Gasteiger partial charge on any atom is 0.224 e. The molecule has 0 aliphatic heterocycles. The second-order valence-corrected chi connectivity index (χ2v) is 4.61. The first-order valence-corrected chi connectivity index (χ1v) is 5.91. The molecule has 0 aliphatic carbocycles. The Hall–Kier alpha value is -1.49. The summed E-state index contributed by atoms with van der Waals surface area (Å²) in [5.41, 5.74) is 2.34. The van der Waals surface area contributed by atoms with Gasteiger partial charge in [0.15, 0.2) is 0 Å². The first-order valence-electron chi connectivity index (χ1n) is 5.18. The lowest BCUT2D eigenvalue weighted by atomic mass is 10.1. The summed E-state index contributed by atoms with van der Waals surface area (Å²) >= 11 is 1.16. The van der Waals surface area contributed by atoms with E-state index in [1.165, 1.54) is 0 Å². The Labute approximate surface area is 98.0 Å². The van der Waals surface area contributed by atoms with Gasteiger partial charge >= 0.3 is 0 Å². The number of hydrogen-bond donors (Lipinski definition) is 1. The third-order valence-electron chi connectivity index (χ3n) is 2.15. The fourth-order valence-corrected chi connectivity index (χ4v) is 2.03. The second kappa shape index (κ2) is 4.57. The molecule has 0 fully saturated rings. The van der Waals surface area contributed by atoms with Crippen LogP contribution in [0.15, 0.2) is 18.2 Å². The van der Waals surface area contributed by atoms with Gasteiger partial charge in [-0.05, 0) is 18.1 Å². The predicted octanol–water partition coefficient (Wildman–Crippen LogP) is 2.68. The van der Waals surface area contributed by atoms with Crippen molar-refractivity contribution in [3.8, 4) is 0 Å². The molecule has 1 aromatic carbocycles. The van der Waals surface area contributed by atoms with Crippen molar-refractivity contribution in [2.45, 2.75) is 20.3 Å². The van der Waals surface area contributed by atoms with E-state index in [1.54, 1.807) is 0 Å². The van der Waals surface area contributed by atoms with Crippen molar-refractivity contribution in [2.24, 2.45) is 5.92 Å². The van der Waals surface area contributed by atoms with E-state index in [4.69, 9.17) is 0 Å². The van der Waals surface area contributed by atoms with E-state index in [0.717, 1.165) is 28.4 Å². The maximum absolute atomic E-state index is 11.6. The van der Waals surface area contributed by atoms with E-state index >= 15 is 0 Å². The molecule has 1 heterocycles. The molecule has 84 valence electrons. The third kappa shape index (κ3) is 2.36. The number of aromatic nitrogens is 2. The predicted molar refractivity (Wildman–Crippen MR) is 65.5 cm³/mol. The Balaban J connectivity index is 2.20. The fourth-order valence-electron chi connectivity index (χ4n) is 1.48. The standard InChI is InChI=1S/C11H13N3OS/c1-7(2)6-10(15)12-8-4-3-5-9-11(8)14-16-13-9/h3-5,7H,6H2,1-2H3,(H,12,15). The first-order chi connectivity index (χ1) is 7.66. The van der Waals surface area contributed by atoms with Gasteiger partial charge in [0, 0.05) is 6.42 Å². The van der Waals surface area contributed by atoms with E-state index in [-0.39, 0.29) is 5.91 Å². The molecule has 2 aromatic rings. The molecular weight excluding hydrogens is 222 g/mol. The Morgan fingerprint density at radius 1 is 1.44 bits per heavy atom. The zero-order valence-electron chi connectivity index (χ0n) is 9.23. The van der Waals surface area contributed by atoms with Crippen LogP contribution in [0.4, 0.5) is 5.69 Å². The minimum Gasteiger partial charge on any atom is -0.324 e. The van der Waals surface area contributed by atoms with Crippen LogP contribution >= 0.6 is 11.7 Å². The number of carbonyl (C=O) groups excluding carboxylic acids is 1. The van der Waals surface area contributed by atoms with E-state index < -0.39 is 0 Å². The molecule has 1 aromatic heterocycles. The van der Waals surface area contributed by atoms with Gasteiger partial charge in [0.05, 0.1) is 17.4 Å². The van der Waals surface area contributed by atoms with Crippen molar-refractivity contribution < 1.29 is 4.79 Å². The summed E-state index contributed by atoms with van der Waals surface area (Å²) in [5, 5.41) is 2.87. The van der Waals surface area contributed by atoms with Gasteiger partial charge in [-0.25, -0.2) is 0 Å². The van der Waals surface area contributed by atoms with Crippen LogP contribution in [-0.4, -0.2) is 14.7 Å². The van der Waals surface area contributed by atoms with Crippen LogP contribution in [0.5, 0.6) is 0 Å². The van der Waals surface area contributed by atoms with Crippen LogP contribution in [0, 0.1) is 5.92 Å². The maximum atomic E-state index is 11.6. The number of nitrogens with one attached hydrogen (secondary N) is 1. The zero-order chi connectivity index (χ0) is 11.5. The van der Waals surface area contributed by atoms with Gasteiger partial charge in [-0.3, -0.25) is 4.79 Å². The van der Waals surface area contributed by atoms with E-state index in [9.17, 15) is 4.79 Å². The molecule has 4 nitrogen and oxygen atoms in total. The lowest BCUT2D eigenvalue weighted by Gasteiger charge is -2.06. The molecule has 16 heavy (non-hydrogen) atoms. The fraction of sp³-hybridized carbons (Fsp3) is 0.364. The van der Waals surface area contributed by atoms with E-state index in [1.807, 2.05) is 32.0 Å². The summed E-state index contributed by atoms with van der Waals surface area (Å²) in [4.78, 5) is 11.6. The number of carbonyl (C=O) groups is 1. The van der Waals surface area contributed by atoms with Gasteiger partial charge in [0.2, 0.25) is 5.91 Å². The summed E-state index contributed by atoms with van der Waals surface area (Å²) in [6, 6.07) is 5.60. The minimum atomic E-state index is 0.0236. The number of benzene rings is 1. The summed E-state index contributed by atoms with van der Waals surface area (Å²) in [6.07, 6.45) is 0.522. The number of hydrogen-bond acceptors (Lipinski definition) is 4. The second-order valence-electron chi connectivity index (χ2n) is 4.08. The van der Waals surface area contributed by atoms with Crippen molar-refractivity contribution in [1.29, 1.82) is 0 Å². The van der Waals surface area contributed by atoms with Crippen LogP contribution in [0.1, 0.15) is 20.3 Å². The largest absolute Gasteiger partial charge is 0.324 e. The average molecular weight is 235 g/mol. The van der Waals surface area contributed by atoms with Crippen molar-refractivity contribution in [3.63, 3.8) is 0 Å². The molecule has 0 spiro atoms. The number of anilines is 1. The minimum absolute atomic E-state index is 0.0236. The topological polar surface area (TPSA) is 54.9 Å². The van der Waals surface area contributed by atoms with Crippen LogP contribution in [-0.2, 0) is 4.79 Å². The lowest BCUT2D eigenvalue weighted by molar-refractivity contribution is -0.116. The first kappa shape index (κ1) is 11.0. The molecule has 0 unspecified atom stereocenters. The Bertz CT molecular complexity index is 507. The Morgan fingerprint density at radius 2 is 2.25 bits per heavy atom. The number of nitrogens with zero attached hydrogens (tertiary/aromatic N) is 2. The molecule has 0 saturated heterocycles. The molecular formula is C11H13N3OS. The van der Waals surface area contributed by atoms with Crippen LogP contribution in [0.2, 0.25) is 0 Å². The number of fused-ring (bicyclic) bond motifs is 1. The van der Waals surface area contributed by atoms with Crippen LogP contribution < -0.4 is 5.32 Å². The highest BCUT2D eigenvalue weighted by Gasteiger charge is 2.09. The Morgan fingerprint density at radius 3 is 3.00 bits per heavy atom. The van der Waals surface area contributed by atoms with Gasteiger partial charge in [0.1, 0.15) is 11.0 Å². The van der Waals surface area contributed by atoms with Gasteiger partial charge in [-0.2, -0.15) is 8.75 Å². The highest BCUT2D eigenvalue weighted by atomic mass is 32.1. The molecule has 0 saturated carbocycles. The average Bonchev–Trinajstić information content (AvgIpc) is 2.65. The molecule has 1 N–H and O–H groups in total. The number of amides is 1. The van der Waals surface area contributed by atoms with Gasteiger partial charge in [0.25, 0.3) is 0 Å². The summed E-state index contributed by atoms with van der Waals surface area (Å²) < 4.78 is 8.29. The van der Waals surface area contributed by atoms with Crippen LogP contribution in [0.3, 0.4) is 0 Å². The van der Waals surface area contributed by atoms with Crippen molar-refractivity contribution in [1.82, 2.24) is 8.75 Å². The lowest BCUT2D eigenvalue weighted by Crippen LogP contribution is -2.14. The highest BCUT2D eigenvalue weighted by molar-refractivity contribution is 7.00. The smallest absolute Gasteiger partial charge is 0.224 e. The summed E-state index contributed by atoms with van der Waals surface area (Å²) in [7, 11) is 0. The van der Waals surface area contributed by atoms with Crippen molar-refractivity contribution in [3.05, 3.63) is 18.2 Å². The molecule has 1 amide bonds. The molecule has 0 aliphatic rings. The van der Waals surface area contributed by atoms with Crippen LogP contribution in [0.25, 0.3) is 11.0 Å². The molecule has 5 heteroatoms. The SMILES string of the molecule is CC(C)CC(=O)Nc1cccc2nsnc12. The molecule has 0 atom stereocenters. The molecule has 0 bridgehead atoms. The quantitative estimate of drug-likeness (QED) is 0.889. The summed E-state index contributed by atoms with van der Waals surface area (Å²) in [6.45, 7) is 4.04. The molecule has 2 rings (SSSR count). The van der Waals surface area contributed by atoms with E-state index in [2.05, 4.69) is 14.1 Å². The van der Waals surface area contributed by atoms with E-state index in [0.29, 0.717) is 12.3 Å². The summed E-state index contributed by atoms with van der Waals surface area (Å²) in [5.74, 6) is 0.378. The van der Waals surface area contributed by atoms with Gasteiger partial charge < -0.3 is 5.32 Å². The third-order valence-corrected chi connectivity index (χ3v) is 2.70. The molecule has 0 radical (unpaired) electrons. The normalized spacial score (nSPS) is 10.9. The van der Waals surface area contributed by atoms with Gasteiger partial charge in [-0.15, -0.1) is 0 Å². The highest BCUT2D eigenvalue weighted by Crippen LogP contribution is 2.21. The van der Waals surface area contributed by atoms with Crippen molar-refractivity contribution in [2.75, 3.05) is 5.32 Å². The Kier molecular flexibility index (Phi) is 3.14. The number of rotatable bonds is 3. The zero-order valence-corrected chi connectivity index (χ0v) is 10.0. The van der Waals surface area contributed by atoms with Crippen molar-refractivity contribution >= 4 is 34.4 Å². The van der Waals surface area contributed by atoms with Gasteiger partial charge in [-0.1, -0.05) is 19.9 Å².